The Morgan fingerprint density at radius 1 is 1.06 bits per heavy atom. The standard InChI is InChI=1S/C14H21NO2/c1-2-8-16-13-3-5-14(6-4-13)17-9-7-12-10-15-11-12/h3-6,12,15H,2,7-11H2,1H3. The Bertz CT molecular complexity index is 319. The average molecular weight is 235 g/mol. The third-order valence-corrected chi connectivity index (χ3v) is 2.96. The van der Waals surface area contributed by atoms with Crippen molar-refractivity contribution >= 4 is 0 Å². The number of ether oxygens (including phenoxy) is 2. The van der Waals surface area contributed by atoms with Crippen molar-refractivity contribution in [3.8, 4) is 11.5 Å². The summed E-state index contributed by atoms with van der Waals surface area (Å²) in [5, 5.41) is 3.26. The van der Waals surface area contributed by atoms with Gasteiger partial charge in [-0.05, 0) is 56.1 Å². The van der Waals surface area contributed by atoms with Crippen LogP contribution in [0.4, 0.5) is 0 Å². The van der Waals surface area contributed by atoms with E-state index < -0.39 is 0 Å². The van der Waals surface area contributed by atoms with Crippen LogP contribution in [0.5, 0.6) is 11.5 Å². The van der Waals surface area contributed by atoms with Crippen molar-refractivity contribution in [1.29, 1.82) is 0 Å². The molecular weight excluding hydrogens is 214 g/mol. The molecule has 1 aromatic rings. The van der Waals surface area contributed by atoms with Gasteiger partial charge in [0.1, 0.15) is 11.5 Å². The quantitative estimate of drug-likeness (QED) is 0.787. The zero-order valence-electron chi connectivity index (χ0n) is 10.4. The van der Waals surface area contributed by atoms with Gasteiger partial charge in [0.05, 0.1) is 13.2 Å². The fourth-order valence-electron chi connectivity index (χ4n) is 1.75. The molecule has 0 bridgehead atoms. The number of hydrogen-bond acceptors (Lipinski definition) is 3. The van der Waals surface area contributed by atoms with E-state index in [0.717, 1.165) is 56.6 Å². The Labute approximate surface area is 103 Å². The minimum Gasteiger partial charge on any atom is -0.494 e. The van der Waals surface area contributed by atoms with Crippen molar-refractivity contribution < 1.29 is 9.47 Å². The van der Waals surface area contributed by atoms with E-state index in [0.29, 0.717) is 0 Å². The summed E-state index contributed by atoms with van der Waals surface area (Å²) in [6.07, 6.45) is 2.18. The predicted molar refractivity (Wildman–Crippen MR) is 68.7 cm³/mol. The van der Waals surface area contributed by atoms with Crippen LogP contribution >= 0.6 is 0 Å². The van der Waals surface area contributed by atoms with Crippen LogP contribution in [-0.2, 0) is 0 Å². The van der Waals surface area contributed by atoms with Crippen molar-refractivity contribution in [2.75, 3.05) is 26.3 Å². The molecule has 17 heavy (non-hydrogen) atoms. The van der Waals surface area contributed by atoms with Gasteiger partial charge in [0.15, 0.2) is 0 Å². The molecule has 0 aromatic heterocycles. The van der Waals surface area contributed by atoms with Gasteiger partial charge in [-0.15, -0.1) is 0 Å². The van der Waals surface area contributed by atoms with E-state index in [1.54, 1.807) is 0 Å². The molecule has 1 N–H and O–H groups in total. The molecule has 0 saturated carbocycles. The monoisotopic (exact) mass is 235 g/mol. The maximum Gasteiger partial charge on any atom is 0.119 e. The summed E-state index contributed by atoms with van der Waals surface area (Å²) in [5.41, 5.74) is 0. The first-order valence-electron chi connectivity index (χ1n) is 6.45. The molecule has 3 heteroatoms. The smallest absolute Gasteiger partial charge is 0.119 e. The second-order valence-corrected chi connectivity index (χ2v) is 4.48. The van der Waals surface area contributed by atoms with E-state index >= 15 is 0 Å². The molecular formula is C14H21NO2. The first kappa shape index (κ1) is 12.2. The van der Waals surface area contributed by atoms with Crippen molar-refractivity contribution in [3.05, 3.63) is 24.3 Å². The fourth-order valence-corrected chi connectivity index (χ4v) is 1.75. The van der Waals surface area contributed by atoms with Crippen LogP contribution in [0.2, 0.25) is 0 Å². The van der Waals surface area contributed by atoms with Crippen LogP contribution in [0.1, 0.15) is 19.8 Å². The number of benzene rings is 1. The highest BCUT2D eigenvalue weighted by Crippen LogP contribution is 2.18. The molecule has 3 nitrogen and oxygen atoms in total. The number of nitrogens with one attached hydrogen (secondary N) is 1. The molecule has 2 rings (SSSR count). The Hall–Kier alpha value is -1.22. The van der Waals surface area contributed by atoms with Crippen LogP contribution in [0.3, 0.4) is 0 Å². The summed E-state index contributed by atoms with van der Waals surface area (Å²) in [4.78, 5) is 0. The topological polar surface area (TPSA) is 30.5 Å². The molecule has 0 amide bonds. The summed E-state index contributed by atoms with van der Waals surface area (Å²) in [7, 11) is 0. The SMILES string of the molecule is CCCOc1ccc(OCCC2CNC2)cc1. The first-order valence-corrected chi connectivity index (χ1v) is 6.45. The fraction of sp³-hybridized carbons (Fsp3) is 0.571. The first-order chi connectivity index (χ1) is 8.38. The van der Waals surface area contributed by atoms with Crippen LogP contribution < -0.4 is 14.8 Å². The van der Waals surface area contributed by atoms with Crippen molar-refractivity contribution in [1.82, 2.24) is 5.32 Å². The lowest BCUT2D eigenvalue weighted by molar-refractivity contribution is 0.238. The van der Waals surface area contributed by atoms with Gasteiger partial charge in [-0.1, -0.05) is 6.92 Å². The second kappa shape index (κ2) is 6.50. The summed E-state index contributed by atoms with van der Waals surface area (Å²) >= 11 is 0. The van der Waals surface area contributed by atoms with Gasteiger partial charge in [-0.2, -0.15) is 0 Å². The second-order valence-electron chi connectivity index (χ2n) is 4.48. The highest BCUT2D eigenvalue weighted by atomic mass is 16.5. The van der Waals surface area contributed by atoms with Crippen LogP contribution in [0.15, 0.2) is 24.3 Å². The average Bonchev–Trinajstić information content (AvgIpc) is 2.31. The summed E-state index contributed by atoms with van der Waals surface area (Å²) < 4.78 is 11.2. The highest BCUT2D eigenvalue weighted by molar-refractivity contribution is 5.31. The lowest BCUT2D eigenvalue weighted by atomic mass is 10.0. The largest absolute Gasteiger partial charge is 0.494 e. The molecule has 94 valence electrons. The Kier molecular flexibility index (Phi) is 4.68. The third kappa shape index (κ3) is 3.93. The maximum absolute atomic E-state index is 5.69. The van der Waals surface area contributed by atoms with Gasteiger partial charge in [-0.3, -0.25) is 0 Å². The lowest BCUT2D eigenvalue weighted by Crippen LogP contribution is -2.42. The molecule has 0 unspecified atom stereocenters. The minimum absolute atomic E-state index is 0.773. The van der Waals surface area contributed by atoms with E-state index in [9.17, 15) is 0 Å². The van der Waals surface area contributed by atoms with Gasteiger partial charge in [0.25, 0.3) is 0 Å². The summed E-state index contributed by atoms with van der Waals surface area (Å²) in [5.74, 6) is 2.66. The van der Waals surface area contributed by atoms with Gasteiger partial charge in [0, 0.05) is 0 Å². The zero-order chi connectivity index (χ0) is 11.9. The molecule has 1 heterocycles. The lowest BCUT2D eigenvalue weighted by Gasteiger charge is -2.26. The number of hydrogen-bond donors (Lipinski definition) is 1. The third-order valence-electron chi connectivity index (χ3n) is 2.96. The Morgan fingerprint density at radius 3 is 2.12 bits per heavy atom. The molecule has 1 aromatic carbocycles. The molecule has 1 saturated heterocycles. The summed E-state index contributed by atoms with van der Waals surface area (Å²) in [6, 6.07) is 7.89. The van der Waals surface area contributed by atoms with Crippen LogP contribution in [0.25, 0.3) is 0 Å². The molecule has 1 aliphatic rings. The molecule has 0 aliphatic carbocycles. The van der Waals surface area contributed by atoms with Crippen molar-refractivity contribution in [3.63, 3.8) is 0 Å². The molecule has 0 spiro atoms. The number of rotatable bonds is 7. The molecule has 1 fully saturated rings. The molecule has 0 atom stereocenters. The van der Waals surface area contributed by atoms with E-state index in [2.05, 4.69) is 12.2 Å². The molecule has 1 aliphatic heterocycles. The van der Waals surface area contributed by atoms with Crippen LogP contribution in [0, 0.1) is 5.92 Å². The highest BCUT2D eigenvalue weighted by Gasteiger charge is 2.15. The van der Waals surface area contributed by atoms with Crippen LogP contribution in [-0.4, -0.2) is 26.3 Å². The normalized spacial score (nSPS) is 15.4. The Balaban J connectivity index is 1.69. The van der Waals surface area contributed by atoms with Gasteiger partial charge in [0.2, 0.25) is 0 Å². The van der Waals surface area contributed by atoms with E-state index in [-0.39, 0.29) is 0 Å². The van der Waals surface area contributed by atoms with Gasteiger partial charge >= 0.3 is 0 Å². The van der Waals surface area contributed by atoms with E-state index in [1.165, 1.54) is 0 Å². The molecule has 0 radical (unpaired) electrons. The minimum atomic E-state index is 0.773. The van der Waals surface area contributed by atoms with Gasteiger partial charge < -0.3 is 14.8 Å². The van der Waals surface area contributed by atoms with Gasteiger partial charge in [-0.25, -0.2) is 0 Å². The van der Waals surface area contributed by atoms with Crippen molar-refractivity contribution in [2.24, 2.45) is 5.92 Å². The Morgan fingerprint density at radius 2 is 1.65 bits per heavy atom. The van der Waals surface area contributed by atoms with E-state index in [1.807, 2.05) is 24.3 Å². The maximum atomic E-state index is 5.69. The predicted octanol–water partition coefficient (Wildman–Crippen LogP) is 2.46. The zero-order valence-corrected chi connectivity index (χ0v) is 10.4. The summed E-state index contributed by atoms with van der Waals surface area (Å²) in [6.45, 7) is 5.98. The van der Waals surface area contributed by atoms with Crippen molar-refractivity contribution in [2.45, 2.75) is 19.8 Å². The van der Waals surface area contributed by atoms with E-state index in [4.69, 9.17) is 9.47 Å².